The fourth-order valence-corrected chi connectivity index (χ4v) is 4.35. The zero-order chi connectivity index (χ0) is 18.4. The Hall–Kier alpha value is -0.496. The molecule has 1 unspecified atom stereocenters. The minimum Gasteiger partial charge on any atom is -1.00 e. The van der Waals surface area contributed by atoms with E-state index in [-0.39, 0.29) is 64.4 Å². The predicted molar refractivity (Wildman–Crippen MR) is 112 cm³/mol. The Balaban J connectivity index is 0. The second-order valence-corrected chi connectivity index (χ2v) is 7.50. The molecule has 0 N–H and O–H groups in total. The van der Waals surface area contributed by atoms with E-state index >= 15 is 0 Å². The van der Waals surface area contributed by atoms with Crippen molar-refractivity contribution in [1.29, 1.82) is 0 Å². The molecule has 2 aromatic carbocycles. The third-order valence-electron chi connectivity index (χ3n) is 5.95. The van der Waals surface area contributed by atoms with Gasteiger partial charge in [-0.05, 0) is 5.41 Å². The summed E-state index contributed by atoms with van der Waals surface area (Å²) in [5, 5.41) is 0. The molecule has 0 bridgehead atoms. The molecule has 1 atom stereocenters. The maximum atomic E-state index is 3.63. The monoisotopic (exact) mass is 496 g/mol. The number of hydrogen-bond acceptors (Lipinski definition) is 0. The molecule has 0 fully saturated rings. The van der Waals surface area contributed by atoms with E-state index in [4.69, 9.17) is 0 Å². The number of benzene rings is 2. The minimum absolute atomic E-state index is 0. The Labute approximate surface area is 217 Å². The molecule has 4 heteroatoms. The van der Waals surface area contributed by atoms with Crippen LogP contribution >= 0.6 is 0 Å². The minimum atomic E-state index is -0.0444. The van der Waals surface area contributed by atoms with E-state index in [2.05, 4.69) is 93.6 Å². The number of allylic oxidation sites excluding steroid dienone is 4. The molecule has 160 valence electrons. The first kappa shape index (κ1) is 31.7. The van der Waals surface area contributed by atoms with Crippen LogP contribution in [0.4, 0.5) is 0 Å². The van der Waals surface area contributed by atoms with Crippen molar-refractivity contribution >= 4 is 0 Å². The van der Waals surface area contributed by atoms with Crippen molar-refractivity contribution in [1.82, 2.24) is 0 Å². The molecule has 0 nitrogen and oxygen atoms in total. The number of rotatable bonds is 8. The van der Waals surface area contributed by atoms with E-state index < -0.39 is 0 Å². The number of unbranched alkanes of at least 4 members (excludes halogenated alkanes) is 1. The van der Waals surface area contributed by atoms with Crippen LogP contribution in [0.25, 0.3) is 0 Å². The van der Waals surface area contributed by atoms with Crippen molar-refractivity contribution < 1.29 is 58.9 Å². The molecule has 0 saturated heterocycles. The van der Waals surface area contributed by atoms with Gasteiger partial charge in [0.2, 0.25) is 0 Å². The molecule has 0 spiro atoms. The van der Waals surface area contributed by atoms with Gasteiger partial charge in [-0.15, -0.1) is 0 Å². The van der Waals surface area contributed by atoms with Crippen LogP contribution in [0.5, 0.6) is 0 Å². The van der Waals surface area contributed by atoms with Gasteiger partial charge >= 0.3 is 21.7 Å². The number of halogens is 3. The molecule has 0 aromatic heterocycles. The van der Waals surface area contributed by atoms with Gasteiger partial charge in [-0.25, -0.2) is 5.57 Å². The van der Waals surface area contributed by atoms with Crippen LogP contribution in [-0.2, 0) is 27.1 Å². The molecule has 0 saturated carbocycles. The topological polar surface area (TPSA) is 0 Å². The SMILES string of the molecule is CCCCC(C1=C(C(C)CC)[C-]=CC1)(c1ccccc1)c1ccccc1.[Cl-].[Cl-].[Cl-].[Ti+4]. The van der Waals surface area contributed by atoms with Crippen molar-refractivity contribution in [2.24, 2.45) is 5.92 Å². The normalized spacial score (nSPS) is 13.4. The van der Waals surface area contributed by atoms with Crippen molar-refractivity contribution in [3.63, 3.8) is 0 Å². The molecule has 0 heterocycles. The Morgan fingerprint density at radius 1 is 0.867 bits per heavy atom. The van der Waals surface area contributed by atoms with Crippen LogP contribution in [0, 0.1) is 12.0 Å². The first-order valence-electron chi connectivity index (χ1n) is 10.2. The molecule has 1 aliphatic carbocycles. The molecule has 0 amide bonds. The van der Waals surface area contributed by atoms with Gasteiger partial charge in [0.25, 0.3) is 0 Å². The summed E-state index contributed by atoms with van der Waals surface area (Å²) in [7, 11) is 0. The Morgan fingerprint density at radius 3 is 1.80 bits per heavy atom. The van der Waals surface area contributed by atoms with E-state index in [1.807, 2.05) is 0 Å². The van der Waals surface area contributed by atoms with Crippen LogP contribution in [0.2, 0.25) is 0 Å². The zero-order valence-corrected chi connectivity index (χ0v) is 21.9. The van der Waals surface area contributed by atoms with E-state index in [1.165, 1.54) is 29.5 Å². The van der Waals surface area contributed by atoms with E-state index in [9.17, 15) is 0 Å². The van der Waals surface area contributed by atoms with Gasteiger partial charge in [-0.1, -0.05) is 131 Å². The quantitative estimate of drug-likeness (QED) is 0.301. The van der Waals surface area contributed by atoms with Gasteiger partial charge in [-0.3, -0.25) is 6.08 Å². The molecular formula is C26H31Cl3Ti. The van der Waals surface area contributed by atoms with Crippen LogP contribution in [-0.4, -0.2) is 0 Å². The molecule has 0 aliphatic heterocycles. The molecule has 1 aliphatic rings. The number of hydrogen-bond donors (Lipinski definition) is 0. The molecule has 30 heavy (non-hydrogen) atoms. The Bertz CT molecular complexity index is 730. The molecular weight excluding hydrogens is 467 g/mol. The third kappa shape index (κ3) is 6.50. The average Bonchev–Trinajstić information content (AvgIpc) is 3.20. The predicted octanol–water partition coefficient (Wildman–Crippen LogP) is -1.72. The fourth-order valence-electron chi connectivity index (χ4n) is 4.35. The average molecular weight is 498 g/mol. The van der Waals surface area contributed by atoms with Crippen LogP contribution in [0.3, 0.4) is 0 Å². The largest absolute Gasteiger partial charge is 4.00 e. The summed E-state index contributed by atoms with van der Waals surface area (Å²) in [6.07, 6.45) is 11.7. The van der Waals surface area contributed by atoms with Crippen LogP contribution in [0.1, 0.15) is 64.0 Å². The smallest absolute Gasteiger partial charge is 1.00 e. The van der Waals surface area contributed by atoms with Crippen LogP contribution in [0.15, 0.2) is 77.9 Å². The van der Waals surface area contributed by atoms with Crippen molar-refractivity contribution in [3.8, 4) is 0 Å². The van der Waals surface area contributed by atoms with Gasteiger partial charge in [0.05, 0.1) is 0 Å². The van der Waals surface area contributed by atoms with E-state index in [1.54, 1.807) is 5.57 Å². The summed E-state index contributed by atoms with van der Waals surface area (Å²) in [6, 6.07) is 22.3. The summed E-state index contributed by atoms with van der Waals surface area (Å²) in [5.74, 6) is 0.553. The molecule has 3 rings (SSSR count). The Morgan fingerprint density at radius 2 is 1.37 bits per heavy atom. The van der Waals surface area contributed by atoms with Crippen molar-refractivity contribution in [3.05, 3.63) is 95.1 Å². The fraction of sp³-hybridized carbons (Fsp3) is 0.385. The summed E-state index contributed by atoms with van der Waals surface area (Å²) >= 11 is 0. The van der Waals surface area contributed by atoms with Crippen molar-refractivity contribution in [2.75, 3.05) is 0 Å². The maximum absolute atomic E-state index is 3.63. The second kappa shape index (κ2) is 15.3. The molecule has 2 aromatic rings. The standard InChI is InChI=1S/C26H31.3ClH.Ti/c1-4-6-20-26(22-14-9-7-10-15-22,23-16-11-8-12-17-23)25-19-13-18-24(25)21(3)5-2;;;;/h7-17,21H,4-6,19-20H2,1-3H3;3*1H;/q-1;;;;+4/p-3. The van der Waals surface area contributed by atoms with Crippen LogP contribution < -0.4 is 37.2 Å². The van der Waals surface area contributed by atoms with E-state index in [0.717, 1.165) is 19.3 Å². The zero-order valence-electron chi connectivity index (χ0n) is 18.1. The van der Waals surface area contributed by atoms with Crippen molar-refractivity contribution in [2.45, 2.75) is 58.3 Å². The van der Waals surface area contributed by atoms with Gasteiger partial charge in [0.1, 0.15) is 0 Å². The Kier molecular flexibility index (Phi) is 16.2. The first-order valence-corrected chi connectivity index (χ1v) is 10.2. The van der Waals surface area contributed by atoms with Gasteiger partial charge in [-0.2, -0.15) is 11.6 Å². The van der Waals surface area contributed by atoms with Gasteiger partial charge in [0, 0.05) is 0 Å². The second-order valence-electron chi connectivity index (χ2n) is 7.50. The maximum Gasteiger partial charge on any atom is 4.00 e. The third-order valence-corrected chi connectivity index (χ3v) is 5.95. The summed E-state index contributed by atoms with van der Waals surface area (Å²) in [4.78, 5) is 0. The molecule has 0 radical (unpaired) electrons. The first-order chi connectivity index (χ1) is 12.7. The summed E-state index contributed by atoms with van der Waals surface area (Å²) in [6.45, 7) is 6.93. The van der Waals surface area contributed by atoms with E-state index in [0.29, 0.717) is 5.92 Å². The van der Waals surface area contributed by atoms with Gasteiger partial charge < -0.3 is 37.2 Å². The summed E-state index contributed by atoms with van der Waals surface area (Å²) < 4.78 is 0. The summed E-state index contributed by atoms with van der Waals surface area (Å²) in [5.41, 5.74) is 5.81. The van der Waals surface area contributed by atoms with Gasteiger partial charge in [0.15, 0.2) is 0 Å².